The highest BCUT2D eigenvalue weighted by Crippen LogP contribution is 2.37. The van der Waals surface area contributed by atoms with E-state index < -0.39 is 8.07 Å². The molecule has 0 saturated heterocycles. The number of nitrogens with zero attached hydrogens (tertiary/aromatic N) is 5. The third kappa shape index (κ3) is 6.18. The van der Waals surface area contributed by atoms with E-state index in [4.69, 9.17) is 15.0 Å². The molecule has 0 atom stereocenters. The highest BCUT2D eigenvalue weighted by Gasteiger charge is 2.42. The van der Waals surface area contributed by atoms with Crippen LogP contribution < -0.4 is 20.7 Å². The van der Waals surface area contributed by atoms with Crippen LogP contribution in [0, 0.1) is 0 Å². The lowest BCUT2D eigenvalue weighted by Crippen LogP contribution is -2.74. The highest BCUT2D eigenvalue weighted by atomic mass is 28.3. The van der Waals surface area contributed by atoms with Crippen LogP contribution in [0.3, 0.4) is 0 Å². The Morgan fingerprint density at radius 2 is 0.761 bits per heavy atom. The average Bonchev–Trinajstić information content (AvgIpc) is 3.93. The Morgan fingerprint density at radius 1 is 0.299 bits per heavy atom. The van der Waals surface area contributed by atoms with Crippen LogP contribution in [0.5, 0.6) is 0 Å². The third-order valence-corrected chi connectivity index (χ3v) is 18.3. The first-order valence-electron chi connectivity index (χ1n) is 22.8. The minimum Gasteiger partial charge on any atom is -0.309 e. The summed E-state index contributed by atoms with van der Waals surface area (Å²) in [5.74, 6) is 1.75. The molecule has 5 nitrogen and oxygen atoms in total. The Kier molecular flexibility index (Phi) is 9.11. The lowest BCUT2D eigenvalue weighted by molar-refractivity contribution is 0.952. The van der Waals surface area contributed by atoms with E-state index in [9.17, 15) is 0 Å². The van der Waals surface area contributed by atoms with Gasteiger partial charge in [-0.3, -0.25) is 4.57 Å². The molecule has 67 heavy (non-hydrogen) atoms. The first-order chi connectivity index (χ1) is 33.2. The molecule has 0 N–H and O–H groups in total. The maximum absolute atomic E-state index is 5.52. The van der Waals surface area contributed by atoms with Crippen molar-refractivity contribution in [3.05, 3.63) is 249 Å². The summed E-state index contributed by atoms with van der Waals surface area (Å²) >= 11 is 0. The number of benzene rings is 10. The molecule has 3 heterocycles. The Balaban J connectivity index is 1.10. The van der Waals surface area contributed by atoms with Gasteiger partial charge in [0.15, 0.2) is 19.7 Å². The molecule has 0 radical (unpaired) electrons. The second-order valence-electron chi connectivity index (χ2n) is 17.2. The smallest absolute Gasteiger partial charge is 0.238 e. The van der Waals surface area contributed by atoms with Crippen LogP contribution >= 0.6 is 0 Å². The van der Waals surface area contributed by atoms with Crippen molar-refractivity contribution in [2.24, 2.45) is 0 Å². The topological polar surface area (TPSA) is 48.5 Å². The van der Waals surface area contributed by atoms with Crippen molar-refractivity contribution >= 4 is 83.2 Å². The maximum Gasteiger partial charge on any atom is 0.238 e. The van der Waals surface area contributed by atoms with Crippen LogP contribution in [0.15, 0.2) is 249 Å². The summed E-state index contributed by atoms with van der Waals surface area (Å²) in [6, 6.07) is 89.8. The molecule has 0 aliphatic carbocycles. The van der Waals surface area contributed by atoms with Gasteiger partial charge in [0.1, 0.15) is 0 Å². The van der Waals surface area contributed by atoms with Crippen molar-refractivity contribution in [2.45, 2.75) is 0 Å². The predicted octanol–water partition coefficient (Wildman–Crippen LogP) is 11.9. The highest BCUT2D eigenvalue weighted by molar-refractivity contribution is 7.20. The second-order valence-corrected chi connectivity index (χ2v) is 21.0. The normalized spacial score (nSPS) is 11.9. The summed E-state index contributed by atoms with van der Waals surface area (Å²) in [5.41, 5.74) is 7.13. The van der Waals surface area contributed by atoms with E-state index in [2.05, 4.69) is 258 Å². The molecule has 3 aromatic heterocycles. The largest absolute Gasteiger partial charge is 0.309 e. The molecule has 314 valence electrons. The van der Waals surface area contributed by atoms with Crippen molar-refractivity contribution in [1.29, 1.82) is 0 Å². The molecule has 0 unspecified atom stereocenters. The first kappa shape index (κ1) is 38.7. The van der Waals surface area contributed by atoms with Crippen LogP contribution in [0.25, 0.3) is 88.8 Å². The molecular weight excluding hydrogens is 831 g/mol. The molecule has 0 bridgehead atoms. The molecule has 0 fully saturated rings. The van der Waals surface area contributed by atoms with E-state index >= 15 is 0 Å². The van der Waals surface area contributed by atoms with E-state index in [0.29, 0.717) is 17.6 Å². The van der Waals surface area contributed by atoms with E-state index in [-0.39, 0.29) is 0 Å². The van der Waals surface area contributed by atoms with Gasteiger partial charge in [0.05, 0.1) is 27.8 Å². The molecule has 0 spiro atoms. The van der Waals surface area contributed by atoms with E-state index in [1.165, 1.54) is 42.3 Å². The van der Waals surface area contributed by atoms with Crippen LogP contribution in [-0.4, -0.2) is 32.2 Å². The van der Waals surface area contributed by atoms with E-state index in [0.717, 1.165) is 49.7 Å². The lowest BCUT2D eigenvalue weighted by atomic mass is 10.1. The zero-order valence-electron chi connectivity index (χ0n) is 36.4. The van der Waals surface area contributed by atoms with Crippen LogP contribution in [0.1, 0.15) is 0 Å². The quantitative estimate of drug-likeness (QED) is 0.113. The van der Waals surface area contributed by atoms with Crippen molar-refractivity contribution in [2.75, 3.05) is 0 Å². The summed E-state index contributed by atoms with van der Waals surface area (Å²) in [7, 11) is -2.98. The molecule has 0 amide bonds. The Morgan fingerprint density at radius 3 is 1.37 bits per heavy atom. The van der Waals surface area contributed by atoms with Gasteiger partial charge in [0.2, 0.25) is 5.95 Å². The fraction of sp³-hybridized carbons (Fsp3) is 0. The summed E-state index contributed by atoms with van der Waals surface area (Å²) in [6.07, 6.45) is 0. The Bertz CT molecular complexity index is 3860. The van der Waals surface area contributed by atoms with E-state index in [1.54, 1.807) is 0 Å². The molecular formula is C61H41N5Si. The number of fused-ring (bicyclic) bond motifs is 7. The van der Waals surface area contributed by atoms with Crippen LogP contribution in [0.4, 0.5) is 0 Å². The molecule has 0 saturated carbocycles. The first-order valence-corrected chi connectivity index (χ1v) is 24.8. The monoisotopic (exact) mass is 871 g/mol. The predicted molar refractivity (Wildman–Crippen MR) is 280 cm³/mol. The summed E-state index contributed by atoms with van der Waals surface area (Å²) in [4.78, 5) is 16.5. The number of hydrogen-bond acceptors (Lipinski definition) is 3. The van der Waals surface area contributed by atoms with Gasteiger partial charge in [-0.05, 0) is 67.9 Å². The van der Waals surface area contributed by atoms with Crippen molar-refractivity contribution in [1.82, 2.24) is 24.1 Å². The zero-order chi connectivity index (χ0) is 44.3. The molecule has 13 aromatic rings. The molecule has 13 rings (SSSR count). The van der Waals surface area contributed by atoms with Crippen LogP contribution in [-0.2, 0) is 0 Å². The number of para-hydroxylation sites is 5. The van der Waals surface area contributed by atoms with Gasteiger partial charge in [-0.2, -0.15) is 9.97 Å². The summed E-state index contributed by atoms with van der Waals surface area (Å²) < 4.78 is 4.56. The van der Waals surface area contributed by atoms with E-state index in [1.807, 2.05) is 0 Å². The lowest BCUT2D eigenvalue weighted by Gasteiger charge is -2.35. The van der Waals surface area contributed by atoms with Crippen molar-refractivity contribution in [3.63, 3.8) is 0 Å². The maximum atomic E-state index is 5.52. The minimum atomic E-state index is -2.98. The number of rotatable bonds is 8. The average molecular weight is 872 g/mol. The molecule has 0 aliphatic heterocycles. The van der Waals surface area contributed by atoms with Crippen LogP contribution in [0.2, 0.25) is 0 Å². The summed E-state index contributed by atoms with van der Waals surface area (Å²) in [5, 5.41) is 12.3. The molecule has 10 aromatic carbocycles. The number of aromatic nitrogens is 5. The van der Waals surface area contributed by atoms with Gasteiger partial charge in [0.25, 0.3) is 0 Å². The van der Waals surface area contributed by atoms with Crippen molar-refractivity contribution < 1.29 is 0 Å². The Labute approximate surface area is 388 Å². The third-order valence-electron chi connectivity index (χ3n) is 13.5. The van der Waals surface area contributed by atoms with Gasteiger partial charge in [-0.1, -0.05) is 212 Å². The molecule has 6 heteroatoms. The standard InChI is InChI=1S/C61H41N5Si/c1-3-23-45(24-4-1)67(46-25-5-2-6-26-46,48-39-38-42-20-7-8-21-43(42)40-48)47-27-19-22-44(41-47)59-62-60(64-61(63-59)66-56-35-16-11-30-51(56)52-31-12-17-36-57(52)66)53-32-13-18-37-58(53)65-54-33-14-9-28-49(54)50-29-10-15-34-55(50)65/h1-41H. The minimum absolute atomic E-state index is 0.559. The fourth-order valence-electron chi connectivity index (χ4n) is 10.6. The second kappa shape index (κ2) is 15.8. The van der Waals surface area contributed by atoms with Crippen molar-refractivity contribution in [3.8, 4) is 34.4 Å². The number of hydrogen-bond donors (Lipinski definition) is 0. The van der Waals surface area contributed by atoms with Gasteiger partial charge < -0.3 is 4.57 Å². The van der Waals surface area contributed by atoms with Gasteiger partial charge >= 0.3 is 0 Å². The van der Waals surface area contributed by atoms with Gasteiger partial charge in [0, 0.05) is 32.7 Å². The Hall–Kier alpha value is -8.71. The SMILES string of the molecule is c1ccc([Si](c2ccccc2)(c2cccc(-c3nc(-c4ccccc4-n4c5ccccc5c5ccccc54)nc(-n4c5ccccc5c5ccccc54)n3)c2)c2ccc3ccccc3c2)cc1. The zero-order valence-corrected chi connectivity index (χ0v) is 37.4. The summed E-state index contributed by atoms with van der Waals surface area (Å²) in [6.45, 7) is 0. The fourth-order valence-corrected chi connectivity index (χ4v) is 15.4. The van der Waals surface area contributed by atoms with Gasteiger partial charge in [-0.15, -0.1) is 0 Å². The van der Waals surface area contributed by atoms with Gasteiger partial charge in [-0.25, -0.2) is 4.98 Å². The molecule has 0 aliphatic rings.